The van der Waals surface area contributed by atoms with Gasteiger partial charge in [0.2, 0.25) is 5.89 Å². The molecule has 0 unspecified atom stereocenters. The Morgan fingerprint density at radius 1 is 1.43 bits per heavy atom. The van der Waals surface area contributed by atoms with E-state index in [9.17, 15) is 8.42 Å². The van der Waals surface area contributed by atoms with Crippen molar-refractivity contribution in [1.29, 1.82) is 0 Å². The van der Waals surface area contributed by atoms with Gasteiger partial charge in [0.1, 0.15) is 12.1 Å². The molecule has 0 bridgehead atoms. The smallest absolute Gasteiger partial charge is 0.221 e. The van der Waals surface area contributed by atoms with Gasteiger partial charge in [-0.3, -0.25) is 0 Å². The lowest BCUT2D eigenvalue weighted by atomic mass is 9.96. The molecule has 1 aliphatic rings. The predicted octanol–water partition coefficient (Wildman–Crippen LogP) is 2.34. The molecule has 0 amide bonds. The van der Waals surface area contributed by atoms with Crippen LogP contribution in [0.3, 0.4) is 0 Å². The van der Waals surface area contributed by atoms with Crippen LogP contribution in [0.15, 0.2) is 22.6 Å². The summed E-state index contributed by atoms with van der Waals surface area (Å²) in [5.41, 5.74) is 2.65. The van der Waals surface area contributed by atoms with Gasteiger partial charge in [-0.25, -0.2) is 13.4 Å². The van der Waals surface area contributed by atoms with E-state index in [0.29, 0.717) is 24.0 Å². The number of benzene rings is 1. The fourth-order valence-corrected chi connectivity index (χ4v) is 4.72. The van der Waals surface area contributed by atoms with Gasteiger partial charge in [0.05, 0.1) is 11.5 Å². The van der Waals surface area contributed by atoms with E-state index < -0.39 is 9.84 Å². The van der Waals surface area contributed by atoms with E-state index in [2.05, 4.69) is 4.98 Å². The fourth-order valence-electron chi connectivity index (χ4n) is 2.94. The first-order valence-corrected chi connectivity index (χ1v) is 8.95. The number of ether oxygens (including phenoxy) is 1. The van der Waals surface area contributed by atoms with Crippen LogP contribution >= 0.6 is 0 Å². The Labute approximate surface area is 124 Å². The van der Waals surface area contributed by atoms with E-state index in [4.69, 9.17) is 9.15 Å². The quantitative estimate of drug-likeness (QED) is 0.867. The number of hydrogen-bond donors (Lipinski definition) is 0. The first-order valence-electron chi connectivity index (χ1n) is 7.13. The second-order valence-corrected chi connectivity index (χ2v) is 7.90. The number of sulfone groups is 1. The molecular formula is C15H19NO4S. The summed E-state index contributed by atoms with van der Waals surface area (Å²) < 4.78 is 34.0. The third kappa shape index (κ3) is 3.44. The molecule has 0 spiro atoms. The Balaban J connectivity index is 1.77. The molecule has 1 aromatic carbocycles. The van der Waals surface area contributed by atoms with Crippen LogP contribution in [0.4, 0.5) is 0 Å². The number of fused-ring (bicyclic) bond motifs is 1. The zero-order valence-corrected chi connectivity index (χ0v) is 12.9. The summed E-state index contributed by atoms with van der Waals surface area (Å²) in [6, 6.07) is 5.87. The average Bonchev–Trinajstić information content (AvgIpc) is 2.79. The van der Waals surface area contributed by atoms with Crippen molar-refractivity contribution in [2.75, 3.05) is 18.6 Å². The lowest BCUT2D eigenvalue weighted by Gasteiger charge is -2.21. The van der Waals surface area contributed by atoms with Crippen molar-refractivity contribution >= 4 is 20.9 Å². The highest BCUT2D eigenvalue weighted by molar-refractivity contribution is 7.91. The third-order valence-electron chi connectivity index (χ3n) is 3.85. The predicted molar refractivity (Wildman–Crippen MR) is 79.8 cm³/mol. The second kappa shape index (κ2) is 5.77. The van der Waals surface area contributed by atoms with E-state index >= 15 is 0 Å². The van der Waals surface area contributed by atoms with Crippen molar-refractivity contribution < 1.29 is 17.6 Å². The zero-order valence-electron chi connectivity index (χ0n) is 12.0. The van der Waals surface area contributed by atoms with Gasteiger partial charge in [0.15, 0.2) is 15.4 Å². The van der Waals surface area contributed by atoms with Crippen molar-refractivity contribution in [3.63, 3.8) is 0 Å². The maximum atomic E-state index is 11.7. The highest BCUT2D eigenvalue weighted by Crippen LogP contribution is 2.24. The van der Waals surface area contributed by atoms with Crippen LogP contribution in [0.2, 0.25) is 0 Å². The van der Waals surface area contributed by atoms with Crippen LogP contribution in [-0.2, 0) is 27.6 Å². The lowest BCUT2D eigenvalue weighted by Crippen LogP contribution is -2.26. The largest absolute Gasteiger partial charge is 0.438 e. The van der Waals surface area contributed by atoms with E-state index in [-0.39, 0.29) is 5.92 Å². The third-order valence-corrected chi connectivity index (χ3v) is 5.74. The normalized spacial score (nSPS) is 21.7. The summed E-state index contributed by atoms with van der Waals surface area (Å²) in [4.78, 5) is 4.37. The van der Waals surface area contributed by atoms with Crippen LogP contribution < -0.4 is 0 Å². The number of nitrogens with zero attached hydrogens (tertiary/aromatic N) is 1. The van der Waals surface area contributed by atoms with Crippen molar-refractivity contribution in [1.82, 2.24) is 4.98 Å². The Bertz CT molecular complexity index is 735. The summed E-state index contributed by atoms with van der Waals surface area (Å²) in [5.74, 6) is 1.42. The van der Waals surface area contributed by atoms with Gasteiger partial charge in [0.25, 0.3) is 0 Å². The second-order valence-electron chi connectivity index (χ2n) is 5.67. The summed E-state index contributed by atoms with van der Waals surface area (Å²) in [6.07, 6.45) is 2.53. The van der Waals surface area contributed by atoms with Crippen molar-refractivity contribution in [3.8, 4) is 0 Å². The maximum Gasteiger partial charge on any atom is 0.221 e. The summed E-state index contributed by atoms with van der Waals surface area (Å²) >= 11 is 0. The first-order chi connectivity index (χ1) is 10.1. The number of methoxy groups -OCH3 is 1. The van der Waals surface area contributed by atoms with Gasteiger partial charge in [-0.05, 0) is 42.9 Å². The molecule has 0 radical (unpaired) electrons. The van der Waals surface area contributed by atoms with Crippen molar-refractivity contribution in [2.24, 2.45) is 5.92 Å². The van der Waals surface area contributed by atoms with E-state index in [0.717, 1.165) is 35.9 Å². The van der Waals surface area contributed by atoms with E-state index in [1.54, 1.807) is 7.11 Å². The number of rotatable bonds is 4. The molecule has 5 nitrogen and oxygen atoms in total. The SMILES string of the molecule is COCc1nc2cc(C[C@@H]3CCCS(=O)(=O)C3)ccc2o1. The van der Waals surface area contributed by atoms with Crippen molar-refractivity contribution in [2.45, 2.75) is 25.9 Å². The molecule has 0 aliphatic carbocycles. The maximum absolute atomic E-state index is 11.7. The molecule has 0 saturated carbocycles. The van der Waals surface area contributed by atoms with Gasteiger partial charge < -0.3 is 9.15 Å². The highest BCUT2D eigenvalue weighted by Gasteiger charge is 2.24. The Morgan fingerprint density at radius 2 is 2.29 bits per heavy atom. The lowest BCUT2D eigenvalue weighted by molar-refractivity contribution is 0.161. The van der Waals surface area contributed by atoms with Crippen LogP contribution in [0.5, 0.6) is 0 Å². The minimum Gasteiger partial charge on any atom is -0.438 e. The fraction of sp³-hybridized carbons (Fsp3) is 0.533. The minimum atomic E-state index is -2.85. The molecule has 114 valence electrons. The first kappa shape index (κ1) is 14.5. The molecule has 1 aliphatic heterocycles. The molecular weight excluding hydrogens is 290 g/mol. The molecule has 1 atom stereocenters. The summed E-state index contributed by atoms with van der Waals surface area (Å²) in [6.45, 7) is 0.352. The molecule has 2 aromatic rings. The van der Waals surface area contributed by atoms with Gasteiger partial charge in [0, 0.05) is 7.11 Å². The topological polar surface area (TPSA) is 69.4 Å². The zero-order chi connectivity index (χ0) is 14.9. The molecule has 6 heteroatoms. The van der Waals surface area contributed by atoms with Gasteiger partial charge in [-0.15, -0.1) is 0 Å². The van der Waals surface area contributed by atoms with Crippen LogP contribution in [-0.4, -0.2) is 32.0 Å². The standard InChI is InChI=1S/C15H19NO4S/c1-19-9-15-16-13-8-11(4-5-14(13)20-15)7-12-3-2-6-21(17,18)10-12/h4-5,8,12H,2-3,6-7,9-10H2,1H3/t12-/m0/s1. The molecule has 1 aromatic heterocycles. The van der Waals surface area contributed by atoms with Crippen LogP contribution in [0, 0.1) is 5.92 Å². The average molecular weight is 309 g/mol. The van der Waals surface area contributed by atoms with Gasteiger partial charge in [-0.1, -0.05) is 6.07 Å². The number of hydrogen-bond acceptors (Lipinski definition) is 5. The Morgan fingerprint density at radius 3 is 3.05 bits per heavy atom. The summed E-state index contributed by atoms with van der Waals surface area (Å²) in [5, 5.41) is 0. The van der Waals surface area contributed by atoms with Crippen LogP contribution in [0.1, 0.15) is 24.3 Å². The highest BCUT2D eigenvalue weighted by atomic mass is 32.2. The van der Waals surface area contributed by atoms with Crippen molar-refractivity contribution in [3.05, 3.63) is 29.7 Å². The molecule has 0 N–H and O–H groups in total. The molecule has 21 heavy (non-hydrogen) atoms. The minimum absolute atomic E-state index is 0.214. The number of oxazole rings is 1. The Kier molecular flexibility index (Phi) is 3.99. The Hall–Kier alpha value is -1.40. The molecule has 2 heterocycles. The molecule has 1 fully saturated rings. The monoisotopic (exact) mass is 309 g/mol. The van der Waals surface area contributed by atoms with Gasteiger partial charge in [-0.2, -0.15) is 0 Å². The van der Waals surface area contributed by atoms with E-state index in [1.165, 1.54) is 0 Å². The van der Waals surface area contributed by atoms with Gasteiger partial charge >= 0.3 is 0 Å². The van der Waals surface area contributed by atoms with E-state index in [1.807, 2.05) is 18.2 Å². The summed E-state index contributed by atoms with van der Waals surface area (Å²) in [7, 11) is -1.25. The molecule has 1 saturated heterocycles. The van der Waals surface area contributed by atoms with Crippen LogP contribution in [0.25, 0.3) is 11.1 Å². The molecule has 3 rings (SSSR count). The number of aromatic nitrogens is 1.